The number of carboxylic acid groups (broad SMARTS) is 1. The first kappa shape index (κ1) is 31.2. The third-order valence-corrected chi connectivity index (χ3v) is 10.5. The van der Waals surface area contributed by atoms with Crippen LogP contribution in [-0.2, 0) is 17.6 Å². The summed E-state index contributed by atoms with van der Waals surface area (Å²) in [5, 5.41) is 13.4. The molecule has 0 aliphatic carbocycles. The maximum Gasteiger partial charge on any atom is 0.407 e. The van der Waals surface area contributed by atoms with Gasteiger partial charge in [-0.15, -0.1) is 0 Å². The minimum atomic E-state index is -1.02. The van der Waals surface area contributed by atoms with Gasteiger partial charge in [-0.1, -0.05) is 30.3 Å². The van der Waals surface area contributed by atoms with Crippen LogP contribution in [0.15, 0.2) is 48.5 Å². The van der Waals surface area contributed by atoms with Gasteiger partial charge in [-0.05, 0) is 74.9 Å². The predicted molar refractivity (Wildman–Crippen MR) is 174 cm³/mol. The second-order valence-electron chi connectivity index (χ2n) is 13.2. The van der Waals surface area contributed by atoms with Crippen molar-refractivity contribution in [1.82, 2.24) is 24.5 Å². The number of carbonyl (C=O) groups is 3. The molecule has 4 heterocycles. The lowest BCUT2D eigenvalue weighted by atomic mass is 9.82. The zero-order chi connectivity index (χ0) is 31.5. The smallest absolute Gasteiger partial charge is 0.407 e. The van der Waals surface area contributed by atoms with Gasteiger partial charge in [-0.3, -0.25) is 9.69 Å². The van der Waals surface area contributed by atoms with Crippen LogP contribution < -0.4 is 11.1 Å². The van der Waals surface area contributed by atoms with Crippen LogP contribution in [0.1, 0.15) is 36.8 Å². The van der Waals surface area contributed by atoms with Crippen molar-refractivity contribution in [2.75, 3.05) is 70.5 Å². The normalized spacial score (nSPS) is 24.5. The number of anilines is 2. The molecule has 2 aromatic carbocycles. The van der Waals surface area contributed by atoms with Crippen LogP contribution in [0.2, 0.25) is 0 Å². The number of nitrogen functional groups attached to an aromatic ring is 1. The molecule has 3 fully saturated rings. The van der Waals surface area contributed by atoms with E-state index >= 15 is 0 Å². The fraction of sp³-hybridized carbons (Fsp3) is 0.559. The Hall–Kier alpha value is -3.83. The number of hydrogen-bond donors (Lipinski definition) is 3. The van der Waals surface area contributed by atoms with Gasteiger partial charge in [0.15, 0.2) is 0 Å². The molecule has 4 N–H and O–H groups in total. The van der Waals surface area contributed by atoms with Crippen molar-refractivity contribution in [3.63, 3.8) is 0 Å². The first-order valence-electron chi connectivity index (χ1n) is 16.5. The molecule has 0 bridgehead atoms. The Morgan fingerprint density at radius 2 is 1.60 bits per heavy atom. The van der Waals surface area contributed by atoms with Crippen molar-refractivity contribution in [3.05, 3.63) is 59.7 Å². The van der Waals surface area contributed by atoms with Crippen LogP contribution in [0.25, 0.3) is 0 Å². The first-order chi connectivity index (χ1) is 21.8. The number of likely N-dealkylation sites (tertiary alicyclic amines) is 2. The van der Waals surface area contributed by atoms with E-state index in [0.717, 1.165) is 62.3 Å². The molecule has 2 aromatic rings. The molecule has 0 saturated carbocycles. The van der Waals surface area contributed by atoms with E-state index in [1.54, 1.807) is 0 Å². The quantitative estimate of drug-likeness (QED) is 0.425. The molecule has 3 saturated heterocycles. The molecule has 4 aliphatic heterocycles. The average Bonchev–Trinajstić information content (AvgIpc) is 3.22. The number of hydrogen-bond acceptors (Lipinski definition) is 6. The highest BCUT2D eigenvalue weighted by molar-refractivity contribution is 5.91. The van der Waals surface area contributed by atoms with Gasteiger partial charge >= 0.3 is 12.1 Å². The van der Waals surface area contributed by atoms with E-state index in [-0.39, 0.29) is 24.5 Å². The Balaban J connectivity index is 1.22. The van der Waals surface area contributed by atoms with Crippen molar-refractivity contribution < 1.29 is 19.5 Å². The molecule has 0 radical (unpaired) electrons. The summed E-state index contributed by atoms with van der Waals surface area (Å²) in [6, 6.07) is 14.9. The van der Waals surface area contributed by atoms with Gasteiger partial charge in [0.05, 0.1) is 5.92 Å². The van der Waals surface area contributed by atoms with E-state index in [2.05, 4.69) is 22.2 Å². The molecule has 11 heteroatoms. The Morgan fingerprint density at radius 3 is 2.31 bits per heavy atom. The minimum absolute atomic E-state index is 0.00766. The van der Waals surface area contributed by atoms with Gasteiger partial charge in [-0.2, -0.15) is 0 Å². The van der Waals surface area contributed by atoms with E-state index in [9.17, 15) is 19.5 Å². The first-order valence-corrected chi connectivity index (χ1v) is 16.5. The number of fused-ring (bicyclic) bond motifs is 1. The topological polar surface area (TPSA) is 126 Å². The Kier molecular flexibility index (Phi) is 9.46. The molecular formula is C34H47N7O4. The lowest BCUT2D eigenvalue weighted by molar-refractivity contribution is -0.140. The molecule has 242 valence electrons. The molecule has 0 aromatic heterocycles. The zero-order valence-corrected chi connectivity index (χ0v) is 26.3. The third-order valence-electron chi connectivity index (χ3n) is 10.5. The van der Waals surface area contributed by atoms with Gasteiger partial charge in [0.1, 0.15) is 0 Å². The molecule has 0 spiro atoms. The second-order valence-corrected chi connectivity index (χ2v) is 13.2. The van der Waals surface area contributed by atoms with Crippen molar-refractivity contribution in [3.8, 4) is 0 Å². The standard InChI is InChI=1S/C34H47N7O4/c1-37-18-20-38(21-19-37)27-11-14-39(15-12-27)32(42)29(22-24-6-8-26(35)9-7-24)31-23-28(13-17-41(31)34(44)45)40-16-10-25-4-2-3-5-30(25)36-33(40)43/h2-9,27-29,31H,10-23,35H2,1H3,(H,36,43)(H,44,45)/t28?,29?,31-/m1/s1. The SMILES string of the molecule is CN1CCN(C2CCN(C(=O)C(Cc3ccc(N)cc3)[C@H]3CC(N4CCc5ccccc5NC4=O)CCN3C(=O)O)CC2)CC1. The highest BCUT2D eigenvalue weighted by Crippen LogP contribution is 2.33. The van der Waals surface area contributed by atoms with Crippen LogP contribution in [0.5, 0.6) is 0 Å². The Morgan fingerprint density at radius 1 is 0.911 bits per heavy atom. The van der Waals surface area contributed by atoms with Crippen molar-refractivity contribution in [2.45, 2.75) is 56.7 Å². The number of piperidine rings is 2. The van der Waals surface area contributed by atoms with Crippen LogP contribution in [0.3, 0.4) is 0 Å². The number of nitrogens with one attached hydrogen (secondary N) is 1. The molecule has 45 heavy (non-hydrogen) atoms. The number of piperazine rings is 1. The van der Waals surface area contributed by atoms with E-state index in [0.29, 0.717) is 50.6 Å². The highest BCUT2D eigenvalue weighted by Gasteiger charge is 2.44. The van der Waals surface area contributed by atoms with Crippen molar-refractivity contribution >= 4 is 29.4 Å². The van der Waals surface area contributed by atoms with Crippen LogP contribution in [0.4, 0.5) is 21.0 Å². The second kappa shape index (κ2) is 13.7. The fourth-order valence-electron chi connectivity index (χ4n) is 7.79. The molecular weight excluding hydrogens is 570 g/mol. The molecule has 6 rings (SSSR count). The number of likely N-dealkylation sites (N-methyl/N-ethyl adjacent to an activating group) is 1. The number of para-hydroxylation sites is 1. The zero-order valence-electron chi connectivity index (χ0n) is 26.3. The molecule has 2 unspecified atom stereocenters. The van der Waals surface area contributed by atoms with Crippen molar-refractivity contribution in [2.24, 2.45) is 5.92 Å². The summed E-state index contributed by atoms with van der Waals surface area (Å²) in [7, 11) is 2.16. The van der Waals surface area contributed by atoms with E-state index in [1.165, 1.54) is 4.90 Å². The van der Waals surface area contributed by atoms with Crippen LogP contribution in [0, 0.1) is 5.92 Å². The summed E-state index contributed by atoms with van der Waals surface area (Å²) >= 11 is 0. The largest absolute Gasteiger partial charge is 0.465 e. The number of amides is 4. The lowest BCUT2D eigenvalue weighted by Gasteiger charge is -2.46. The number of nitrogens with two attached hydrogens (primary N) is 1. The summed E-state index contributed by atoms with van der Waals surface area (Å²) in [6.45, 7) is 6.41. The summed E-state index contributed by atoms with van der Waals surface area (Å²) < 4.78 is 0. The fourth-order valence-corrected chi connectivity index (χ4v) is 7.79. The average molecular weight is 618 g/mol. The summed E-state index contributed by atoms with van der Waals surface area (Å²) in [5.41, 5.74) is 9.47. The van der Waals surface area contributed by atoms with Crippen LogP contribution >= 0.6 is 0 Å². The summed E-state index contributed by atoms with van der Waals surface area (Å²) in [4.78, 5) is 50.8. The number of rotatable bonds is 6. The van der Waals surface area contributed by atoms with Crippen LogP contribution in [-0.4, -0.2) is 125 Å². The van der Waals surface area contributed by atoms with Gasteiger partial charge < -0.3 is 35.8 Å². The maximum atomic E-state index is 14.5. The Labute approximate surface area is 265 Å². The number of nitrogens with zero attached hydrogens (tertiary/aromatic N) is 5. The van der Waals surface area contributed by atoms with Gasteiger partial charge in [0.2, 0.25) is 5.91 Å². The maximum absolute atomic E-state index is 14.5. The molecule has 4 amide bonds. The monoisotopic (exact) mass is 617 g/mol. The van der Waals surface area contributed by atoms with Gasteiger partial charge in [-0.25, -0.2) is 9.59 Å². The highest BCUT2D eigenvalue weighted by atomic mass is 16.4. The molecule has 11 nitrogen and oxygen atoms in total. The van der Waals surface area contributed by atoms with E-state index in [1.807, 2.05) is 58.3 Å². The molecule has 3 atom stereocenters. The number of carbonyl (C=O) groups excluding carboxylic acids is 2. The summed E-state index contributed by atoms with van der Waals surface area (Å²) in [5.74, 6) is -0.562. The lowest BCUT2D eigenvalue weighted by Crippen LogP contribution is -2.59. The predicted octanol–water partition coefficient (Wildman–Crippen LogP) is 3.27. The number of urea groups is 1. The Bertz CT molecular complexity index is 1350. The third kappa shape index (κ3) is 7.04. The van der Waals surface area contributed by atoms with E-state index in [4.69, 9.17) is 5.73 Å². The molecule has 4 aliphatic rings. The van der Waals surface area contributed by atoms with Gasteiger partial charge in [0, 0.05) is 81.9 Å². The van der Waals surface area contributed by atoms with E-state index < -0.39 is 18.1 Å². The summed E-state index contributed by atoms with van der Waals surface area (Å²) in [6.07, 6.45) is 2.91. The van der Waals surface area contributed by atoms with Crippen molar-refractivity contribution in [1.29, 1.82) is 0 Å². The van der Waals surface area contributed by atoms with Gasteiger partial charge in [0.25, 0.3) is 0 Å². The minimum Gasteiger partial charge on any atom is -0.465 e. The number of benzene rings is 2.